The molecule has 0 bridgehead atoms. The largest absolute Gasteiger partial charge is 0.326 e. The molecule has 0 fully saturated rings. The third-order valence-electron chi connectivity index (χ3n) is 2.83. The van der Waals surface area contributed by atoms with Gasteiger partial charge in [-0.25, -0.2) is 12.8 Å². The first-order valence-electron chi connectivity index (χ1n) is 5.89. The van der Waals surface area contributed by atoms with E-state index < -0.39 is 15.8 Å². The molecule has 1 aromatic rings. The Kier molecular flexibility index (Phi) is 5.42. The summed E-state index contributed by atoms with van der Waals surface area (Å²) >= 11 is 0. The lowest BCUT2D eigenvalue weighted by Gasteiger charge is -2.21. The third-order valence-corrected chi connectivity index (χ3v) is 4.77. The van der Waals surface area contributed by atoms with Gasteiger partial charge in [0, 0.05) is 32.2 Å². The van der Waals surface area contributed by atoms with Gasteiger partial charge in [0.15, 0.2) is 0 Å². The molecule has 19 heavy (non-hydrogen) atoms. The first-order chi connectivity index (χ1) is 8.80. The average Bonchev–Trinajstić information content (AvgIpc) is 2.35. The van der Waals surface area contributed by atoms with Crippen molar-refractivity contribution in [3.63, 3.8) is 0 Å². The fraction of sp³-hybridized carbons (Fsp3) is 0.500. The summed E-state index contributed by atoms with van der Waals surface area (Å²) in [5, 5.41) is 0. The van der Waals surface area contributed by atoms with Crippen LogP contribution in [0.4, 0.5) is 4.39 Å². The molecule has 0 spiro atoms. The van der Waals surface area contributed by atoms with Crippen molar-refractivity contribution in [3.05, 3.63) is 29.6 Å². The lowest BCUT2D eigenvalue weighted by Crippen LogP contribution is -2.34. The van der Waals surface area contributed by atoms with Gasteiger partial charge in [-0.3, -0.25) is 0 Å². The molecule has 5 nitrogen and oxygen atoms in total. The summed E-state index contributed by atoms with van der Waals surface area (Å²) in [4.78, 5) is 1.82. The van der Waals surface area contributed by atoms with Crippen molar-refractivity contribution >= 4 is 10.0 Å². The molecule has 0 saturated carbocycles. The first-order valence-corrected chi connectivity index (χ1v) is 7.33. The van der Waals surface area contributed by atoms with Crippen LogP contribution in [0.5, 0.6) is 0 Å². The summed E-state index contributed by atoms with van der Waals surface area (Å²) in [6.07, 6.45) is 0. The fourth-order valence-electron chi connectivity index (χ4n) is 1.61. The Morgan fingerprint density at radius 3 is 2.37 bits per heavy atom. The monoisotopic (exact) mass is 289 g/mol. The Morgan fingerprint density at radius 1 is 1.21 bits per heavy atom. The van der Waals surface area contributed by atoms with E-state index in [-0.39, 0.29) is 17.0 Å². The number of nitrogens with zero attached hydrogens (tertiary/aromatic N) is 2. The molecular weight excluding hydrogens is 269 g/mol. The van der Waals surface area contributed by atoms with Crippen molar-refractivity contribution in [1.29, 1.82) is 0 Å². The highest BCUT2D eigenvalue weighted by Crippen LogP contribution is 2.21. The van der Waals surface area contributed by atoms with Crippen LogP contribution in [0.15, 0.2) is 23.1 Å². The second kappa shape index (κ2) is 6.42. The predicted octanol–water partition coefficient (Wildman–Crippen LogP) is 0.466. The molecule has 1 aromatic carbocycles. The van der Waals surface area contributed by atoms with E-state index in [1.54, 1.807) is 0 Å². The fourth-order valence-corrected chi connectivity index (χ4v) is 3.01. The number of sulfonamides is 1. The minimum atomic E-state index is -3.71. The summed E-state index contributed by atoms with van der Waals surface area (Å²) in [5.41, 5.74) is 5.47. The van der Waals surface area contributed by atoms with E-state index >= 15 is 0 Å². The number of nitrogens with two attached hydrogens (primary N) is 1. The molecule has 0 aliphatic carbocycles. The Labute approximate surface area is 113 Å². The molecule has 0 saturated heterocycles. The molecule has 0 amide bonds. The van der Waals surface area contributed by atoms with Gasteiger partial charge in [0.1, 0.15) is 5.82 Å². The lowest BCUT2D eigenvalue weighted by molar-refractivity contribution is 0.358. The quantitative estimate of drug-likeness (QED) is 0.826. The van der Waals surface area contributed by atoms with Crippen LogP contribution in [0, 0.1) is 5.82 Å². The van der Waals surface area contributed by atoms with E-state index in [1.807, 2.05) is 19.0 Å². The Hall–Kier alpha value is -1.02. The second-order valence-electron chi connectivity index (χ2n) is 4.55. The van der Waals surface area contributed by atoms with E-state index in [0.29, 0.717) is 13.1 Å². The van der Waals surface area contributed by atoms with Crippen LogP contribution in [-0.4, -0.2) is 51.9 Å². The number of likely N-dealkylation sites (N-methyl/N-ethyl adjacent to an activating group) is 2. The van der Waals surface area contributed by atoms with Gasteiger partial charge in [-0.15, -0.1) is 0 Å². The first kappa shape index (κ1) is 16.0. The van der Waals surface area contributed by atoms with Crippen molar-refractivity contribution in [2.24, 2.45) is 5.73 Å². The lowest BCUT2D eigenvalue weighted by atomic mass is 10.2. The highest BCUT2D eigenvalue weighted by atomic mass is 32.2. The van der Waals surface area contributed by atoms with Crippen LogP contribution < -0.4 is 5.73 Å². The summed E-state index contributed by atoms with van der Waals surface area (Å²) in [5.74, 6) is -0.593. The summed E-state index contributed by atoms with van der Waals surface area (Å²) < 4.78 is 39.5. The molecule has 0 aromatic heterocycles. The van der Waals surface area contributed by atoms with Crippen molar-refractivity contribution in [1.82, 2.24) is 9.21 Å². The molecule has 0 aliphatic rings. The Bertz CT molecular complexity index is 532. The number of halogens is 1. The molecule has 0 heterocycles. The molecular formula is C12H20FN3O2S. The standard InChI is InChI=1S/C12H20FN3O2S/c1-15(2)7-8-16(3)19(17,18)12-6-4-5-11(13)10(12)9-14/h4-6H,7-9,14H2,1-3H3. The molecule has 2 N–H and O–H groups in total. The zero-order chi connectivity index (χ0) is 14.6. The van der Waals surface area contributed by atoms with Crippen LogP contribution in [0.25, 0.3) is 0 Å². The summed E-state index contributed by atoms with van der Waals surface area (Å²) in [7, 11) is 1.47. The highest BCUT2D eigenvalue weighted by molar-refractivity contribution is 7.89. The maximum atomic E-state index is 13.6. The zero-order valence-corrected chi connectivity index (χ0v) is 12.2. The van der Waals surface area contributed by atoms with Crippen LogP contribution in [0.2, 0.25) is 0 Å². The highest BCUT2D eigenvalue weighted by Gasteiger charge is 2.24. The topological polar surface area (TPSA) is 66.6 Å². The SMILES string of the molecule is CN(C)CCN(C)S(=O)(=O)c1cccc(F)c1CN. The number of benzene rings is 1. The number of rotatable bonds is 6. The van der Waals surface area contributed by atoms with Crippen molar-refractivity contribution < 1.29 is 12.8 Å². The zero-order valence-electron chi connectivity index (χ0n) is 11.4. The van der Waals surface area contributed by atoms with Crippen LogP contribution in [0.3, 0.4) is 0 Å². The van der Waals surface area contributed by atoms with E-state index in [9.17, 15) is 12.8 Å². The van der Waals surface area contributed by atoms with E-state index in [1.165, 1.54) is 29.6 Å². The van der Waals surface area contributed by atoms with Gasteiger partial charge in [-0.05, 0) is 26.2 Å². The van der Waals surface area contributed by atoms with Crippen LogP contribution >= 0.6 is 0 Å². The van der Waals surface area contributed by atoms with E-state index in [2.05, 4.69) is 0 Å². The van der Waals surface area contributed by atoms with Crippen LogP contribution in [0.1, 0.15) is 5.56 Å². The maximum absolute atomic E-state index is 13.6. The van der Waals surface area contributed by atoms with E-state index in [0.717, 1.165) is 0 Å². The summed E-state index contributed by atoms with van der Waals surface area (Å²) in [6.45, 7) is 0.765. The number of hydrogen-bond acceptors (Lipinski definition) is 4. The van der Waals surface area contributed by atoms with Gasteiger partial charge in [0.25, 0.3) is 0 Å². The molecule has 1 rings (SSSR count). The van der Waals surface area contributed by atoms with E-state index in [4.69, 9.17) is 5.73 Å². The third kappa shape index (κ3) is 3.73. The minimum absolute atomic E-state index is 0.0270. The molecule has 0 radical (unpaired) electrons. The normalized spacial score (nSPS) is 12.4. The number of hydrogen-bond donors (Lipinski definition) is 1. The maximum Gasteiger partial charge on any atom is 0.243 e. The molecule has 0 unspecified atom stereocenters. The van der Waals surface area contributed by atoms with Gasteiger partial charge in [-0.1, -0.05) is 6.07 Å². The summed E-state index contributed by atoms with van der Waals surface area (Å²) in [6, 6.07) is 3.97. The van der Waals surface area contributed by atoms with Gasteiger partial charge < -0.3 is 10.6 Å². The van der Waals surface area contributed by atoms with Gasteiger partial charge in [-0.2, -0.15) is 4.31 Å². The minimum Gasteiger partial charge on any atom is -0.326 e. The van der Waals surface area contributed by atoms with Gasteiger partial charge in [0.05, 0.1) is 4.90 Å². The predicted molar refractivity (Wildman–Crippen MR) is 72.7 cm³/mol. The van der Waals surface area contributed by atoms with Crippen molar-refractivity contribution in [2.45, 2.75) is 11.4 Å². The molecule has 0 aliphatic heterocycles. The van der Waals surface area contributed by atoms with Gasteiger partial charge in [0.2, 0.25) is 10.0 Å². The smallest absolute Gasteiger partial charge is 0.243 e. The van der Waals surface area contributed by atoms with Crippen molar-refractivity contribution in [3.8, 4) is 0 Å². The molecule has 108 valence electrons. The molecule has 7 heteroatoms. The Balaban J connectivity index is 3.10. The van der Waals surface area contributed by atoms with Crippen LogP contribution in [-0.2, 0) is 16.6 Å². The Morgan fingerprint density at radius 2 is 1.84 bits per heavy atom. The second-order valence-corrected chi connectivity index (χ2v) is 6.56. The molecule has 0 atom stereocenters. The van der Waals surface area contributed by atoms with Gasteiger partial charge >= 0.3 is 0 Å². The average molecular weight is 289 g/mol. The van der Waals surface area contributed by atoms with Crippen molar-refractivity contribution in [2.75, 3.05) is 34.2 Å².